The van der Waals surface area contributed by atoms with Gasteiger partial charge < -0.3 is 10.2 Å². The van der Waals surface area contributed by atoms with Gasteiger partial charge in [-0.15, -0.1) is 13.2 Å². The molecule has 0 radical (unpaired) electrons. The Morgan fingerprint density at radius 2 is 1.97 bits per heavy atom. The summed E-state index contributed by atoms with van der Waals surface area (Å²) in [5, 5.41) is 6.11. The van der Waals surface area contributed by atoms with Gasteiger partial charge in [-0.2, -0.15) is 5.48 Å². The zero-order valence-electron chi connectivity index (χ0n) is 18.8. The van der Waals surface area contributed by atoms with Gasteiger partial charge in [-0.1, -0.05) is 6.42 Å². The topological polar surface area (TPSA) is 66.8 Å². The number of nitrogens with one attached hydrogen (secondary N) is 3. The Labute approximate surface area is 183 Å². The maximum Gasteiger partial charge on any atom is 0.522 e. The Morgan fingerprint density at radius 1 is 1.13 bits per heavy atom. The fraction of sp³-hybridized carbons (Fsp3) is 1.00. The summed E-state index contributed by atoms with van der Waals surface area (Å²) in [6.45, 7) is 3.06. The van der Waals surface area contributed by atoms with Crippen molar-refractivity contribution < 1.29 is 33.0 Å². The van der Waals surface area contributed by atoms with Crippen LogP contribution in [-0.4, -0.2) is 75.7 Å². The molecule has 3 heterocycles. The second-order valence-electron chi connectivity index (χ2n) is 10.2. The van der Waals surface area contributed by atoms with Crippen LogP contribution in [0.1, 0.15) is 51.4 Å². The molecular weight excluding hydrogens is 411 g/mol. The van der Waals surface area contributed by atoms with E-state index in [0.29, 0.717) is 31.0 Å². The van der Waals surface area contributed by atoms with Crippen molar-refractivity contribution in [2.45, 2.75) is 88.4 Å². The maximum atomic E-state index is 12.6. The van der Waals surface area contributed by atoms with Gasteiger partial charge in [0.1, 0.15) is 12.2 Å². The van der Waals surface area contributed by atoms with E-state index in [2.05, 4.69) is 39.8 Å². The number of piperidine rings is 1. The fourth-order valence-electron chi connectivity index (χ4n) is 6.20. The maximum absolute atomic E-state index is 12.6. The molecular formula is C21H40F3N5O2+2. The van der Waals surface area contributed by atoms with Crippen LogP contribution in [0.2, 0.25) is 0 Å². The summed E-state index contributed by atoms with van der Waals surface area (Å²) in [5.41, 5.74) is 3.25. The molecule has 5 N–H and O–H groups in total. The van der Waals surface area contributed by atoms with E-state index in [9.17, 15) is 13.2 Å². The molecule has 8 unspecified atom stereocenters. The molecule has 4 fully saturated rings. The smallest absolute Gasteiger partial charge is 0.331 e. The van der Waals surface area contributed by atoms with Crippen LogP contribution in [0, 0.1) is 11.8 Å². The molecule has 4 aliphatic rings. The van der Waals surface area contributed by atoms with Gasteiger partial charge in [-0.25, -0.2) is 0 Å². The number of rotatable bonds is 6. The van der Waals surface area contributed by atoms with Crippen LogP contribution in [0.5, 0.6) is 0 Å². The van der Waals surface area contributed by atoms with Gasteiger partial charge in [-0.05, 0) is 39.8 Å². The van der Waals surface area contributed by atoms with Crippen molar-refractivity contribution in [1.82, 2.24) is 15.7 Å². The zero-order chi connectivity index (χ0) is 22.0. The van der Waals surface area contributed by atoms with E-state index in [1.165, 1.54) is 17.7 Å². The first-order chi connectivity index (χ1) is 14.8. The molecule has 1 aliphatic carbocycles. The lowest BCUT2D eigenvalue weighted by Gasteiger charge is -2.34. The third-order valence-corrected chi connectivity index (χ3v) is 7.83. The third-order valence-electron chi connectivity index (χ3n) is 7.83. The highest BCUT2D eigenvalue weighted by molar-refractivity contribution is 4.84. The molecule has 1 saturated carbocycles. The molecule has 0 bridgehead atoms. The average Bonchev–Trinajstić information content (AvgIpc) is 3.36. The number of quaternary nitrogens is 2. The first-order valence-corrected chi connectivity index (χ1v) is 12.0. The van der Waals surface area contributed by atoms with Crippen LogP contribution in [0.4, 0.5) is 13.2 Å². The van der Waals surface area contributed by atoms with Gasteiger partial charge in [0.2, 0.25) is 0 Å². The summed E-state index contributed by atoms with van der Waals surface area (Å²) in [6, 6.07) is 0.350. The number of alkyl halides is 3. The molecule has 7 nitrogen and oxygen atoms in total. The highest BCUT2D eigenvalue weighted by Gasteiger charge is 2.45. The van der Waals surface area contributed by atoms with Gasteiger partial charge >= 0.3 is 6.36 Å². The van der Waals surface area contributed by atoms with E-state index in [1.807, 2.05) is 0 Å². The minimum Gasteiger partial charge on any atom is -0.331 e. The summed E-state index contributed by atoms with van der Waals surface area (Å²) < 4.78 is 42.2. The number of hydrogen-bond acceptors (Lipinski definition) is 5. The van der Waals surface area contributed by atoms with Crippen molar-refractivity contribution >= 4 is 0 Å². The highest BCUT2D eigenvalue weighted by Crippen LogP contribution is 2.31. The highest BCUT2D eigenvalue weighted by atomic mass is 19.4. The lowest BCUT2D eigenvalue weighted by atomic mass is 9.86. The lowest BCUT2D eigenvalue weighted by Crippen LogP contribution is -3.16. The van der Waals surface area contributed by atoms with Crippen LogP contribution >= 0.6 is 0 Å². The first-order valence-electron chi connectivity index (χ1n) is 12.0. The predicted octanol–water partition coefficient (Wildman–Crippen LogP) is -0.233. The van der Waals surface area contributed by atoms with Gasteiger partial charge in [0.15, 0.2) is 6.23 Å². The van der Waals surface area contributed by atoms with E-state index in [0.717, 1.165) is 45.3 Å². The van der Waals surface area contributed by atoms with Crippen LogP contribution in [0.15, 0.2) is 0 Å². The standard InChI is InChI=1S/C21H38F3N5O2/c1-28(2)18-9-8-15(12-25-18)19-26-20(31-27-19)17-7-4-10-29(17)13-14-5-3-6-16(11-14)30-21(22,23)24/h14-20,25-27H,3-13H2,1-2H3/p+2. The molecule has 3 aliphatic heterocycles. The van der Waals surface area contributed by atoms with E-state index in [-0.39, 0.29) is 18.3 Å². The zero-order valence-corrected chi connectivity index (χ0v) is 18.8. The molecule has 3 saturated heterocycles. The van der Waals surface area contributed by atoms with Crippen LogP contribution in [0.25, 0.3) is 0 Å². The van der Waals surface area contributed by atoms with Gasteiger partial charge in [-0.3, -0.25) is 19.8 Å². The Kier molecular flexibility index (Phi) is 7.78. The molecule has 10 heteroatoms. The number of nitrogens with zero attached hydrogens (tertiary/aromatic N) is 1. The number of nitrogens with two attached hydrogens (primary N) is 1. The molecule has 4 rings (SSSR count). The quantitative estimate of drug-likeness (QED) is 0.449. The second kappa shape index (κ2) is 10.2. The Hall–Kier alpha value is -0.490. The van der Waals surface area contributed by atoms with Crippen molar-refractivity contribution in [2.24, 2.45) is 11.8 Å². The average molecular weight is 452 g/mol. The Bertz CT molecular complexity index is 574. The Balaban J connectivity index is 1.25. The van der Waals surface area contributed by atoms with E-state index < -0.39 is 12.5 Å². The first kappa shape index (κ1) is 23.7. The van der Waals surface area contributed by atoms with Crippen molar-refractivity contribution in [1.29, 1.82) is 0 Å². The largest absolute Gasteiger partial charge is 0.522 e. The lowest BCUT2D eigenvalue weighted by molar-refractivity contribution is -0.919. The normalized spacial score (nSPS) is 42.4. The minimum atomic E-state index is -4.53. The molecule has 8 atom stereocenters. The van der Waals surface area contributed by atoms with E-state index in [4.69, 9.17) is 4.84 Å². The SMILES string of the molecule is CN(C)C1CCC(C2NOC(C3CCC[NH+]3CC3CCCC(OC(F)(F)F)C3)N2)C[NH2+]1. The van der Waals surface area contributed by atoms with Crippen molar-refractivity contribution in [2.75, 3.05) is 33.7 Å². The number of likely N-dealkylation sites (tertiary alicyclic amines) is 1. The number of ether oxygens (including phenoxy) is 1. The van der Waals surface area contributed by atoms with Gasteiger partial charge in [0.05, 0.1) is 31.9 Å². The molecule has 0 amide bonds. The summed E-state index contributed by atoms with van der Waals surface area (Å²) in [5.74, 6) is 0.822. The number of hydroxylamine groups is 1. The van der Waals surface area contributed by atoms with Crippen LogP contribution < -0.4 is 21.0 Å². The number of hydrogen-bond donors (Lipinski definition) is 4. The monoisotopic (exact) mass is 451 g/mol. The predicted molar refractivity (Wildman–Crippen MR) is 109 cm³/mol. The van der Waals surface area contributed by atoms with E-state index in [1.54, 1.807) is 0 Å². The van der Waals surface area contributed by atoms with Gasteiger partial charge in [0, 0.05) is 31.1 Å². The van der Waals surface area contributed by atoms with E-state index >= 15 is 0 Å². The van der Waals surface area contributed by atoms with Crippen molar-refractivity contribution in [3.05, 3.63) is 0 Å². The second-order valence-corrected chi connectivity index (χ2v) is 10.2. The fourth-order valence-corrected chi connectivity index (χ4v) is 6.20. The van der Waals surface area contributed by atoms with Crippen molar-refractivity contribution in [3.8, 4) is 0 Å². The molecule has 31 heavy (non-hydrogen) atoms. The van der Waals surface area contributed by atoms with Crippen molar-refractivity contribution in [3.63, 3.8) is 0 Å². The molecule has 180 valence electrons. The minimum absolute atomic E-state index is 0.0279. The molecule has 0 aromatic carbocycles. The number of halogens is 3. The summed E-state index contributed by atoms with van der Waals surface area (Å²) in [6.07, 6.45) is 2.92. The summed E-state index contributed by atoms with van der Waals surface area (Å²) >= 11 is 0. The molecule has 0 spiro atoms. The molecule has 0 aromatic rings. The van der Waals surface area contributed by atoms with Crippen LogP contribution in [0.3, 0.4) is 0 Å². The summed E-state index contributed by atoms with van der Waals surface area (Å²) in [4.78, 5) is 9.75. The van der Waals surface area contributed by atoms with Crippen LogP contribution in [-0.2, 0) is 9.57 Å². The Morgan fingerprint density at radius 3 is 2.68 bits per heavy atom. The molecule has 0 aromatic heterocycles. The van der Waals surface area contributed by atoms with Gasteiger partial charge in [0.25, 0.3) is 0 Å². The summed E-state index contributed by atoms with van der Waals surface area (Å²) in [7, 11) is 4.27. The third kappa shape index (κ3) is 6.31.